The first-order valence-electron chi connectivity index (χ1n) is 8.54. The Morgan fingerprint density at radius 3 is 2.85 bits per heavy atom. The van der Waals surface area contributed by atoms with Crippen molar-refractivity contribution in [2.75, 3.05) is 24.7 Å². The van der Waals surface area contributed by atoms with Gasteiger partial charge in [0.05, 0.1) is 29.8 Å². The summed E-state index contributed by atoms with van der Waals surface area (Å²) in [5.41, 5.74) is 0.846. The molecule has 4 rings (SSSR count). The molecule has 0 spiro atoms. The normalized spacial score (nSPS) is 26.0. The maximum atomic E-state index is 12.6. The molecule has 2 saturated heterocycles. The van der Waals surface area contributed by atoms with E-state index in [2.05, 4.69) is 14.7 Å². The van der Waals surface area contributed by atoms with Gasteiger partial charge in [0.25, 0.3) is 0 Å². The Kier molecular flexibility index (Phi) is 4.80. The van der Waals surface area contributed by atoms with Crippen molar-refractivity contribution in [3.05, 3.63) is 24.0 Å². The molecule has 10 heteroatoms. The average molecular weight is 396 g/mol. The number of aromatic nitrogens is 3. The van der Waals surface area contributed by atoms with Crippen molar-refractivity contribution >= 4 is 27.3 Å². The molecule has 2 aliphatic heterocycles. The van der Waals surface area contributed by atoms with Gasteiger partial charge in [-0.3, -0.25) is 4.79 Å². The second-order valence-corrected chi connectivity index (χ2v) is 9.53. The fourth-order valence-corrected chi connectivity index (χ4v) is 6.04. The van der Waals surface area contributed by atoms with E-state index in [0.717, 1.165) is 5.56 Å². The van der Waals surface area contributed by atoms with Gasteiger partial charge in [-0.05, 0) is 24.4 Å². The molecule has 140 valence electrons. The van der Waals surface area contributed by atoms with E-state index in [-0.39, 0.29) is 29.4 Å². The predicted molar refractivity (Wildman–Crippen MR) is 96.5 cm³/mol. The summed E-state index contributed by atoms with van der Waals surface area (Å²) in [5.74, 6) is 0.417. The summed E-state index contributed by atoms with van der Waals surface area (Å²) in [6.07, 6.45) is 6.48. The van der Waals surface area contributed by atoms with Crippen LogP contribution in [0.1, 0.15) is 18.9 Å². The SMILES string of the molecule is O=C(N[C@@H]1CS(=O)(=O)C[C@H]1n1ccnc1-c1cnsc1)C1CCOCC1. The number of sulfone groups is 1. The van der Waals surface area contributed by atoms with E-state index in [1.807, 2.05) is 9.95 Å². The molecule has 2 fully saturated rings. The first kappa shape index (κ1) is 17.6. The third-order valence-electron chi connectivity index (χ3n) is 4.96. The van der Waals surface area contributed by atoms with Gasteiger partial charge in [-0.15, -0.1) is 0 Å². The van der Waals surface area contributed by atoms with E-state index in [1.165, 1.54) is 11.5 Å². The summed E-state index contributed by atoms with van der Waals surface area (Å²) < 4.78 is 35.8. The zero-order valence-electron chi connectivity index (χ0n) is 14.1. The summed E-state index contributed by atoms with van der Waals surface area (Å²) in [4.78, 5) is 17.0. The number of hydrogen-bond donors (Lipinski definition) is 1. The molecule has 1 amide bonds. The van der Waals surface area contributed by atoms with Crippen LogP contribution in [0.2, 0.25) is 0 Å². The molecule has 0 aromatic carbocycles. The Morgan fingerprint density at radius 2 is 2.12 bits per heavy atom. The van der Waals surface area contributed by atoms with Gasteiger partial charge in [0, 0.05) is 42.5 Å². The number of nitrogens with one attached hydrogen (secondary N) is 1. The van der Waals surface area contributed by atoms with Gasteiger partial charge >= 0.3 is 0 Å². The van der Waals surface area contributed by atoms with Crippen molar-refractivity contribution in [1.82, 2.24) is 19.2 Å². The molecule has 2 aromatic rings. The van der Waals surface area contributed by atoms with E-state index in [4.69, 9.17) is 4.74 Å². The van der Waals surface area contributed by atoms with Crippen LogP contribution in [0, 0.1) is 5.92 Å². The van der Waals surface area contributed by atoms with Crippen molar-refractivity contribution in [1.29, 1.82) is 0 Å². The van der Waals surface area contributed by atoms with Crippen LogP contribution in [0.3, 0.4) is 0 Å². The first-order valence-corrected chi connectivity index (χ1v) is 11.2. The van der Waals surface area contributed by atoms with Gasteiger partial charge in [0.2, 0.25) is 5.91 Å². The molecular weight excluding hydrogens is 376 g/mol. The lowest BCUT2D eigenvalue weighted by Gasteiger charge is -2.26. The highest BCUT2D eigenvalue weighted by molar-refractivity contribution is 7.91. The van der Waals surface area contributed by atoms with E-state index < -0.39 is 15.9 Å². The molecule has 2 atom stereocenters. The van der Waals surface area contributed by atoms with Crippen LogP contribution in [0.4, 0.5) is 0 Å². The molecule has 4 heterocycles. The van der Waals surface area contributed by atoms with Gasteiger partial charge in [0.15, 0.2) is 9.84 Å². The van der Waals surface area contributed by atoms with E-state index in [9.17, 15) is 13.2 Å². The minimum absolute atomic E-state index is 0.00729. The van der Waals surface area contributed by atoms with E-state index >= 15 is 0 Å². The minimum Gasteiger partial charge on any atom is -0.381 e. The number of ether oxygens (including phenoxy) is 1. The Hall–Kier alpha value is -1.78. The predicted octanol–water partition coefficient (Wildman–Crippen LogP) is 0.887. The summed E-state index contributed by atoms with van der Waals surface area (Å²) in [6.45, 7) is 1.14. The first-order chi connectivity index (χ1) is 12.5. The van der Waals surface area contributed by atoms with Crippen molar-refractivity contribution in [2.45, 2.75) is 24.9 Å². The number of amides is 1. The second kappa shape index (κ2) is 7.09. The lowest BCUT2D eigenvalue weighted by molar-refractivity contribution is -0.128. The number of hydrogen-bond acceptors (Lipinski definition) is 7. The van der Waals surface area contributed by atoms with Gasteiger partial charge in [-0.2, -0.15) is 0 Å². The Morgan fingerprint density at radius 1 is 1.31 bits per heavy atom. The molecule has 2 aliphatic rings. The third-order valence-corrected chi connectivity index (χ3v) is 7.26. The Labute approximate surface area is 155 Å². The lowest BCUT2D eigenvalue weighted by Crippen LogP contribution is -2.44. The molecular formula is C16H20N4O4S2. The maximum absolute atomic E-state index is 12.6. The smallest absolute Gasteiger partial charge is 0.223 e. The number of carbonyl (C=O) groups is 1. The Balaban J connectivity index is 1.58. The largest absolute Gasteiger partial charge is 0.381 e. The molecule has 8 nitrogen and oxygen atoms in total. The summed E-state index contributed by atoms with van der Waals surface area (Å²) in [6, 6.07) is -0.837. The Bertz CT molecular complexity index is 872. The van der Waals surface area contributed by atoms with Crippen LogP contribution in [-0.4, -0.2) is 59.0 Å². The van der Waals surface area contributed by atoms with Gasteiger partial charge in [0.1, 0.15) is 5.82 Å². The number of nitrogens with zero attached hydrogens (tertiary/aromatic N) is 3. The summed E-state index contributed by atoms with van der Waals surface area (Å²) >= 11 is 1.32. The van der Waals surface area contributed by atoms with Crippen molar-refractivity contribution < 1.29 is 17.9 Å². The second-order valence-electron chi connectivity index (χ2n) is 6.72. The van der Waals surface area contributed by atoms with Gasteiger partial charge in [-0.25, -0.2) is 17.8 Å². The van der Waals surface area contributed by atoms with Crippen LogP contribution in [0.15, 0.2) is 24.0 Å². The molecule has 0 saturated carbocycles. The quantitative estimate of drug-likeness (QED) is 0.823. The maximum Gasteiger partial charge on any atom is 0.223 e. The number of rotatable bonds is 4. The van der Waals surface area contributed by atoms with Crippen LogP contribution in [0.5, 0.6) is 0 Å². The minimum atomic E-state index is -3.23. The number of carbonyl (C=O) groups excluding carboxylic acids is 1. The van der Waals surface area contributed by atoms with Crippen LogP contribution in [-0.2, 0) is 19.4 Å². The molecule has 26 heavy (non-hydrogen) atoms. The van der Waals surface area contributed by atoms with Crippen LogP contribution >= 0.6 is 11.5 Å². The fraction of sp³-hybridized carbons (Fsp3) is 0.562. The summed E-state index contributed by atoms with van der Waals surface area (Å²) in [5, 5.41) is 4.85. The zero-order chi connectivity index (χ0) is 18.1. The highest BCUT2D eigenvalue weighted by Gasteiger charge is 2.41. The molecule has 0 unspecified atom stereocenters. The van der Waals surface area contributed by atoms with Crippen LogP contribution < -0.4 is 5.32 Å². The third kappa shape index (κ3) is 3.53. The molecule has 0 aliphatic carbocycles. The fourth-order valence-electron chi connectivity index (χ4n) is 3.62. The molecule has 1 N–H and O–H groups in total. The monoisotopic (exact) mass is 396 g/mol. The van der Waals surface area contributed by atoms with Crippen LogP contribution in [0.25, 0.3) is 11.4 Å². The standard InChI is InChI=1S/C16H20N4O4S2/c21-16(11-1-5-24-6-2-11)19-13-9-26(22,23)10-14(13)20-4-3-17-15(20)12-7-18-25-8-12/h3-4,7-8,11,13-14H,1-2,5-6,9-10H2,(H,19,21)/t13-,14-/m1/s1. The summed E-state index contributed by atoms with van der Waals surface area (Å²) in [7, 11) is -3.23. The van der Waals surface area contributed by atoms with Crippen molar-refractivity contribution in [3.8, 4) is 11.4 Å². The van der Waals surface area contributed by atoms with E-state index in [1.54, 1.807) is 18.6 Å². The highest BCUT2D eigenvalue weighted by atomic mass is 32.2. The zero-order valence-corrected chi connectivity index (χ0v) is 15.7. The average Bonchev–Trinajstić information content (AvgIpc) is 3.34. The molecule has 0 bridgehead atoms. The van der Waals surface area contributed by atoms with E-state index in [0.29, 0.717) is 31.9 Å². The van der Waals surface area contributed by atoms with Crippen molar-refractivity contribution in [3.63, 3.8) is 0 Å². The lowest BCUT2D eigenvalue weighted by atomic mass is 9.98. The number of imidazole rings is 1. The topological polar surface area (TPSA) is 103 Å². The molecule has 2 aromatic heterocycles. The molecule has 0 radical (unpaired) electrons. The van der Waals surface area contributed by atoms with Crippen molar-refractivity contribution in [2.24, 2.45) is 5.92 Å². The van der Waals surface area contributed by atoms with Gasteiger partial charge < -0.3 is 14.6 Å². The highest BCUT2D eigenvalue weighted by Crippen LogP contribution is 2.30. The van der Waals surface area contributed by atoms with Gasteiger partial charge in [-0.1, -0.05) is 0 Å².